The van der Waals surface area contributed by atoms with E-state index in [4.69, 9.17) is 0 Å². The molecule has 0 unspecified atom stereocenters. The van der Waals surface area contributed by atoms with Crippen molar-refractivity contribution in [2.24, 2.45) is 0 Å². The van der Waals surface area contributed by atoms with Crippen molar-refractivity contribution in [1.82, 2.24) is 4.98 Å². The zero-order valence-corrected chi connectivity index (χ0v) is 11.0. The summed E-state index contributed by atoms with van der Waals surface area (Å²) in [5.74, 6) is 0.156. The third-order valence-corrected chi connectivity index (χ3v) is 4.11. The number of aromatic nitrogens is 1. The van der Waals surface area contributed by atoms with E-state index in [0.29, 0.717) is 23.7 Å². The van der Waals surface area contributed by atoms with E-state index in [2.05, 4.69) is 4.98 Å². The number of pyridine rings is 1. The molecule has 1 fully saturated rings. The molecule has 5 heteroatoms. The van der Waals surface area contributed by atoms with Crippen LogP contribution in [0.15, 0.2) is 30.5 Å². The molecule has 0 aliphatic heterocycles. The molecule has 0 atom stereocenters. The first-order valence-electron chi connectivity index (χ1n) is 6.87. The summed E-state index contributed by atoms with van der Waals surface area (Å²) in [5, 5.41) is 21.6. The molecule has 0 spiro atoms. The van der Waals surface area contributed by atoms with E-state index in [1.54, 1.807) is 18.3 Å². The Hall–Kier alpha value is -2.01. The highest BCUT2D eigenvalue weighted by atomic mass is 16.6. The fourth-order valence-corrected chi connectivity index (χ4v) is 3.07. The van der Waals surface area contributed by atoms with Crippen molar-refractivity contribution in [2.45, 2.75) is 37.7 Å². The zero-order valence-electron chi connectivity index (χ0n) is 11.0. The third kappa shape index (κ3) is 2.25. The molecule has 1 aliphatic carbocycles. The number of hydrogen-bond donors (Lipinski definition) is 1. The number of benzene rings is 1. The molecule has 1 heterocycles. The monoisotopic (exact) mass is 272 g/mol. The van der Waals surface area contributed by atoms with Crippen molar-refractivity contribution in [1.29, 1.82) is 0 Å². The summed E-state index contributed by atoms with van der Waals surface area (Å²) in [6.07, 6.45) is 4.41. The minimum Gasteiger partial charge on any atom is -0.393 e. The van der Waals surface area contributed by atoms with Gasteiger partial charge in [0.2, 0.25) is 0 Å². The first kappa shape index (κ1) is 13.0. The van der Waals surface area contributed by atoms with Crippen molar-refractivity contribution in [3.8, 4) is 0 Å². The Morgan fingerprint density at radius 2 is 1.95 bits per heavy atom. The van der Waals surface area contributed by atoms with Gasteiger partial charge in [-0.1, -0.05) is 0 Å². The number of rotatable bonds is 2. The van der Waals surface area contributed by atoms with E-state index >= 15 is 0 Å². The van der Waals surface area contributed by atoms with E-state index in [0.717, 1.165) is 18.4 Å². The van der Waals surface area contributed by atoms with Crippen LogP contribution in [0.2, 0.25) is 0 Å². The lowest BCUT2D eigenvalue weighted by molar-refractivity contribution is -0.384. The summed E-state index contributed by atoms with van der Waals surface area (Å²) in [5.41, 5.74) is 1.61. The van der Waals surface area contributed by atoms with Gasteiger partial charge in [-0.15, -0.1) is 0 Å². The van der Waals surface area contributed by atoms with Crippen LogP contribution < -0.4 is 0 Å². The Morgan fingerprint density at radius 3 is 2.65 bits per heavy atom. The molecule has 2 aromatic rings. The second-order valence-corrected chi connectivity index (χ2v) is 5.34. The van der Waals surface area contributed by atoms with Gasteiger partial charge in [-0.25, -0.2) is 0 Å². The van der Waals surface area contributed by atoms with Gasteiger partial charge < -0.3 is 5.11 Å². The van der Waals surface area contributed by atoms with Gasteiger partial charge in [0, 0.05) is 11.8 Å². The van der Waals surface area contributed by atoms with Crippen molar-refractivity contribution in [3.63, 3.8) is 0 Å². The molecular weight excluding hydrogens is 256 g/mol. The van der Waals surface area contributed by atoms with Gasteiger partial charge in [-0.3, -0.25) is 15.1 Å². The maximum atomic E-state index is 11.5. The van der Waals surface area contributed by atoms with Gasteiger partial charge in [-0.2, -0.15) is 0 Å². The number of hydrogen-bond acceptors (Lipinski definition) is 4. The van der Waals surface area contributed by atoms with E-state index in [1.165, 1.54) is 0 Å². The van der Waals surface area contributed by atoms with E-state index in [9.17, 15) is 15.2 Å². The van der Waals surface area contributed by atoms with Crippen LogP contribution >= 0.6 is 0 Å². The van der Waals surface area contributed by atoms with Crippen LogP contribution in [-0.4, -0.2) is 21.1 Å². The summed E-state index contributed by atoms with van der Waals surface area (Å²) in [6, 6.07) is 7.16. The van der Waals surface area contributed by atoms with Gasteiger partial charge in [-0.05, 0) is 55.9 Å². The highest BCUT2D eigenvalue weighted by Gasteiger charge is 2.28. The quantitative estimate of drug-likeness (QED) is 0.673. The fraction of sp³-hybridized carbons (Fsp3) is 0.400. The predicted octanol–water partition coefficient (Wildman–Crippen LogP) is 3.16. The van der Waals surface area contributed by atoms with Gasteiger partial charge in [0.05, 0.1) is 21.9 Å². The zero-order chi connectivity index (χ0) is 14.1. The maximum Gasteiger partial charge on any atom is 0.282 e. The van der Waals surface area contributed by atoms with Crippen LogP contribution in [-0.2, 0) is 0 Å². The van der Waals surface area contributed by atoms with Gasteiger partial charge in [0.15, 0.2) is 0 Å². The van der Waals surface area contributed by atoms with Crippen LogP contribution in [0.1, 0.15) is 37.2 Å². The van der Waals surface area contributed by atoms with Crippen molar-refractivity contribution >= 4 is 16.6 Å². The highest BCUT2D eigenvalue weighted by Crippen LogP contribution is 2.40. The minimum atomic E-state index is -0.301. The van der Waals surface area contributed by atoms with E-state index in [1.807, 2.05) is 12.1 Å². The first-order valence-corrected chi connectivity index (χ1v) is 6.87. The lowest BCUT2D eigenvalue weighted by Gasteiger charge is -2.25. The smallest absolute Gasteiger partial charge is 0.282 e. The number of aliphatic hydroxyl groups excluding tert-OH is 1. The molecule has 0 amide bonds. The Bertz CT molecular complexity index is 649. The molecule has 3 rings (SSSR count). The summed E-state index contributed by atoms with van der Waals surface area (Å²) in [7, 11) is 0. The SMILES string of the molecule is O=[N+]([O-])c1c(C2CCC(O)CC2)ccc2ncccc12. The van der Waals surface area contributed by atoms with Crippen molar-refractivity contribution in [2.75, 3.05) is 0 Å². The van der Waals surface area contributed by atoms with Crippen molar-refractivity contribution < 1.29 is 10.0 Å². The van der Waals surface area contributed by atoms with Crippen LogP contribution in [0.4, 0.5) is 5.69 Å². The Balaban J connectivity index is 2.10. The number of fused-ring (bicyclic) bond motifs is 1. The maximum absolute atomic E-state index is 11.5. The lowest BCUT2D eigenvalue weighted by Crippen LogP contribution is -2.17. The first-order chi connectivity index (χ1) is 9.66. The highest BCUT2D eigenvalue weighted by molar-refractivity contribution is 5.89. The molecule has 1 saturated carbocycles. The number of nitro groups is 1. The summed E-state index contributed by atoms with van der Waals surface area (Å²) in [6.45, 7) is 0. The molecule has 1 aromatic carbocycles. The normalized spacial score (nSPS) is 22.9. The van der Waals surface area contributed by atoms with E-state index < -0.39 is 0 Å². The Kier molecular flexibility index (Phi) is 3.36. The lowest BCUT2D eigenvalue weighted by atomic mass is 9.81. The Morgan fingerprint density at radius 1 is 1.20 bits per heavy atom. The molecule has 104 valence electrons. The standard InChI is InChI=1S/C15H16N2O3/c18-11-5-3-10(4-6-11)12-7-8-14-13(2-1-9-16-14)15(12)17(19)20/h1-2,7-11,18H,3-6H2. The molecule has 0 saturated heterocycles. The third-order valence-electron chi connectivity index (χ3n) is 4.11. The molecule has 1 aromatic heterocycles. The molecule has 0 bridgehead atoms. The van der Waals surface area contributed by atoms with E-state index in [-0.39, 0.29) is 22.6 Å². The second kappa shape index (κ2) is 5.17. The summed E-state index contributed by atoms with van der Waals surface area (Å²) >= 11 is 0. The van der Waals surface area contributed by atoms with Crippen LogP contribution in [0.5, 0.6) is 0 Å². The van der Waals surface area contributed by atoms with Gasteiger partial charge in [0.25, 0.3) is 5.69 Å². The number of nitrogens with zero attached hydrogens (tertiary/aromatic N) is 2. The number of nitro benzene ring substituents is 1. The minimum absolute atomic E-state index is 0.156. The average Bonchev–Trinajstić information content (AvgIpc) is 2.46. The molecule has 20 heavy (non-hydrogen) atoms. The predicted molar refractivity (Wildman–Crippen MR) is 75.6 cm³/mol. The molecule has 0 radical (unpaired) electrons. The van der Waals surface area contributed by atoms with Crippen LogP contribution in [0.3, 0.4) is 0 Å². The number of aliphatic hydroxyl groups is 1. The molecule has 1 aliphatic rings. The van der Waals surface area contributed by atoms with Crippen LogP contribution in [0.25, 0.3) is 10.9 Å². The van der Waals surface area contributed by atoms with Crippen molar-refractivity contribution in [3.05, 3.63) is 46.1 Å². The van der Waals surface area contributed by atoms with Crippen LogP contribution in [0, 0.1) is 10.1 Å². The summed E-state index contributed by atoms with van der Waals surface area (Å²) in [4.78, 5) is 15.3. The molecule has 5 nitrogen and oxygen atoms in total. The summed E-state index contributed by atoms with van der Waals surface area (Å²) < 4.78 is 0. The van der Waals surface area contributed by atoms with Gasteiger partial charge in [0.1, 0.15) is 0 Å². The van der Waals surface area contributed by atoms with Gasteiger partial charge >= 0.3 is 0 Å². The molecule has 1 N–H and O–H groups in total. The average molecular weight is 272 g/mol. The topological polar surface area (TPSA) is 76.3 Å². The largest absolute Gasteiger partial charge is 0.393 e. The molecular formula is C15H16N2O3. The fourth-order valence-electron chi connectivity index (χ4n) is 3.07. The Labute approximate surface area is 116 Å². The second-order valence-electron chi connectivity index (χ2n) is 5.34.